The summed E-state index contributed by atoms with van der Waals surface area (Å²) in [5, 5.41) is 8.81. The first kappa shape index (κ1) is 10.4. The van der Waals surface area contributed by atoms with E-state index in [1.54, 1.807) is 0 Å². The second-order valence-electron chi connectivity index (χ2n) is 3.50. The van der Waals surface area contributed by atoms with Crippen molar-refractivity contribution >= 4 is 11.8 Å². The zero-order valence-corrected chi connectivity index (χ0v) is 8.07. The molecule has 0 aliphatic heterocycles. The first-order chi connectivity index (χ1) is 6.43. The summed E-state index contributed by atoms with van der Waals surface area (Å²) < 4.78 is 1.14. The van der Waals surface area contributed by atoms with Gasteiger partial charge in [0.1, 0.15) is 5.82 Å². The summed E-state index contributed by atoms with van der Waals surface area (Å²) >= 11 is 0. The molecule has 0 bridgehead atoms. The van der Waals surface area contributed by atoms with E-state index in [2.05, 4.69) is 4.98 Å². The van der Waals surface area contributed by atoms with Crippen LogP contribution in [0.4, 0.5) is 5.82 Å². The Morgan fingerprint density at radius 1 is 1.64 bits per heavy atom. The number of anilines is 1. The maximum Gasteiger partial charge on any atom is 0.356 e. The fourth-order valence-corrected chi connectivity index (χ4v) is 1.26. The molecule has 0 saturated carbocycles. The highest BCUT2D eigenvalue weighted by molar-refractivity contribution is 5.90. The average molecular weight is 199 g/mol. The van der Waals surface area contributed by atoms with Crippen molar-refractivity contribution in [2.24, 2.45) is 5.92 Å². The molecule has 0 aliphatic rings. The van der Waals surface area contributed by atoms with Crippen molar-refractivity contribution in [3.05, 3.63) is 16.2 Å². The maximum absolute atomic E-state index is 11.3. The quantitative estimate of drug-likeness (QED) is 0.643. The normalized spacial score (nSPS) is 10.8. The minimum atomic E-state index is -1.19. The molecule has 1 aromatic heterocycles. The monoisotopic (exact) mass is 199 g/mol. The standard InChI is InChI=1S/C8H13N3O3/c1-4(2)3-11-5(7(12)13)6(9)10-8(11)14/h4H,3,9H2,1-2H3,(H,10,14)(H,12,13). The number of carboxylic acids is 1. The highest BCUT2D eigenvalue weighted by Crippen LogP contribution is 2.08. The summed E-state index contributed by atoms with van der Waals surface area (Å²) in [5.74, 6) is -1.11. The van der Waals surface area contributed by atoms with Crippen molar-refractivity contribution in [1.29, 1.82) is 0 Å². The van der Waals surface area contributed by atoms with E-state index in [0.29, 0.717) is 6.54 Å². The lowest BCUT2D eigenvalue weighted by molar-refractivity contribution is 0.0685. The number of rotatable bonds is 3. The second kappa shape index (κ2) is 3.57. The number of aromatic amines is 1. The minimum Gasteiger partial charge on any atom is -0.476 e. The Morgan fingerprint density at radius 2 is 2.21 bits per heavy atom. The van der Waals surface area contributed by atoms with Gasteiger partial charge in [0.25, 0.3) is 0 Å². The van der Waals surface area contributed by atoms with Crippen LogP contribution in [0.15, 0.2) is 4.79 Å². The molecule has 0 aliphatic carbocycles. The molecular formula is C8H13N3O3. The first-order valence-corrected chi connectivity index (χ1v) is 4.25. The summed E-state index contributed by atoms with van der Waals surface area (Å²) in [4.78, 5) is 24.3. The number of hydrogen-bond donors (Lipinski definition) is 3. The Hall–Kier alpha value is -1.72. The van der Waals surface area contributed by atoms with Gasteiger partial charge < -0.3 is 10.8 Å². The van der Waals surface area contributed by atoms with Crippen molar-refractivity contribution < 1.29 is 9.90 Å². The van der Waals surface area contributed by atoms with Crippen LogP contribution in [0.2, 0.25) is 0 Å². The Balaban J connectivity index is 3.25. The predicted molar refractivity (Wildman–Crippen MR) is 51.3 cm³/mol. The number of H-pyrrole nitrogens is 1. The van der Waals surface area contributed by atoms with Gasteiger partial charge in [0.05, 0.1) is 0 Å². The zero-order valence-electron chi connectivity index (χ0n) is 8.07. The Kier molecular flexibility index (Phi) is 2.64. The lowest BCUT2D eigenvalue weighted by Gasteiger charge is -2.06. The number of aromatic carboxylic acids is 1. The molecule has 1 rings (SSSR count). The number of nitrogens with one attached hydrogen (secondary N) is 1. The SMILES string of the molecule is CC(C)Cn1c(C(=O)O)c(N)[nH]c1=O. The van der Waals surface area contributed by atoms with E-state index in [1.807, 2.05) is 13.8 Å². The van der Waals surface area contributed by atoms with Crippen LogP contribution in [0.5, 0.6) is 0 Å². The number of aromatic nitrogens is 2. The van der Waals surface area contributed by atoms with Gasteiger partial charge in [-0.15, -0.1) is 0 Å². The van der Waals surface area contributed by atoms with Gasteiger partial charge in [0.15, 0.2) is 5.69 Å². The van der Waals surface area contributed by atoms with Crippen LogP contribution in [-0.2, 0) is 6.54 Å². The molecule has 4 N–H and O–H groups in total. The summed E-state index contributed by atoms with van der Waals surface area (Å²) in [6.45, 7) is 4.12. The van der Waals surface area contributed by atoms with E-state index in [4.69, 9.17) is 10.8 Å². The van der Waals surface area contributed by atoms with Crippen LogP contribution in [0.1, 0.15) is 24.3 Å². The summed E-state index contributed by atoms with van der Waals surface area (Å²) in [5.41, 5.74) is 4.72. The van der Waals surface area contributed by atoms with E-state index in [1.165, 1.54) is 0 Å². The summed E-state index contributed by atoms with van der Waals surface area (Å²) in [7, 11) is 0. The van der Waals surface area contributed by atoms with Crippen molar-refractivity contribution in [2.45, 2.75) is 20.4 Å². The summed E-state index contributed by atoms with van der Waals surface area (Å²) in [6, 6.07) is 0. The molecule has 0 atom stereocenters. The number of hydrogen-bond acceptors (Lipinski definition) is 3. The number of nitrogen functional groups attached to an aromatic ring is 1. The molecular weight excluding hydrogens is 186 g/mol. The Morgan fingerprint density at radius 3 is 2.64 bits per heavy atom. The van der Waals surface area contributed by atoms with Crippen molar-refractivity contribution in [3.8, 4) is 0 Å². The van der Waals surface area contributed by atoms with Gasteiger partial charge in [0, 0.05) is 6.54 Å². The van der Waals surface area contributed by atoms with Crippen molar-refractivity contribution in [3.63, 3.8) is 0 Å². The van der Waals surface area contributed by atoms with Crippen LogP contribution in [-0.4, -0.2) is 20.6 Å². The van der Waals surface area contributed by atoms with Gasteiger partial charge in [-0.3, -0.25) is 9.55 Å². The van der Waals surface area contributed by atoms with Crippen LogP contribution in [0.3, 0.4) is 0 Å². The lowest BCUT2D eigenvalue weighted by Crippen LogP contribution is -2.23. The molecule has 14 heavy (non-hydrogen) atoms. The van der Waals surface area contributed by atoms with Crippen molar-refractivity contribution in [2.75, 3.05) is 5.73 Å². The average Bonchev–Trinajstić information content (AvgIpc) is 2.25. The van der Waals surface area contributed by atoms with E-state index >= 15 is 0 Å². The molecule has 1 heterocycles. The molecule has 0 radical (unpaired) electrons. The number of carbonyl (C=O) groups is 1. The molecule has 0 spiro atoms. The number of nitrogens with two attached hydrogens (primary N) is 1. The Bertz CT molecular complexity index is 402. The first-order valence-electron chi connectivity index (χ1n) is 4.25. The largest absolute Gasteiger partial charge is 0.476 e. The van der Waals surface area contributed by atoms with Crippen LogP contribution in [0, 0.1) is 5.92 Å². The van der Waals surface area contributed by atoms with Crippen LogP contribution >= 0.6 is 0 Å². The molecule has 6 nitrogen and oxygen atoms in total. The number of imidazole rings is 1. The fraction of sp³-hybridized carbons (Fsp3) is 0.500. The van der Waals surface area contributed by atoms with Gasteiger partial charge in [-0.05, 0) is 5.92 Å². The molecule has 0 amide bonds. The van der Waals surface area contributed by atoms with Crippen LogP contribution in [0.25, 0.3) is 0 Å². The third kappa shape index (κ3) is 1.78. The summed E-state index contributed by atoms with van der Waals surface area (Å²) in [6.07, 6.45) is 0. The Labute approximate surface area is 80.4 Å². The molecule has 0 saturated heterocycles. The smallest absolute Gasteiger partial charge is 0.356 e. The molecule has 1 aromatic rings. The number of carboxylic acid groups (broad SMARTS) is 1. The van der Waals surface area contributed by atoms with Gasteiger partial charge >= 0.3 is 11.7 Å². The van der Waals surface area contributed by atoms with E-state index in [0.717, 1.165) is 4.57 Å². The fourth-order valence-electron chi connectivity index (χ4n) is 1.26. The van der Waals surface area contributed by atoms with Gasteiger partial charge in [0.2, 0.25) is 0 Å². The molecule has 0 fully saturated rings. The molecule has 0 aromatic carbocycles. The van der Waals surface area contributed by atoms with E-state index in [-0.39, 0.29) is 17.4 Å². The second-order valence-corrected chi connectivity index (χ2v) is 3.50. The predicted octanol–water partition coefficient (Wildman–Crippen LogP) is 0.113. The maximum atomic E-state index is 11.3. The van der Waals surface area contributed by atoms with E-state index in [9.17, 15) is 9.59 Å². The van der Waals surface area contributed by atoms with Crippen molar-refractivity contribution in [1.82, 2.24) is 9.55 Å². The minimum absolute atomic E-state index is 0.0943. The van der Waals surface area contributed by atoms with Crippen LogP contribution < -0.4 is 11.4 Å². The third-order valence-corrected chi connectivity index (χ3v) is 1.76. The topological polar surface area (TPSA) is 101 Å². The molecule has 6 heteroatoms. The highest BCUT2D eigenvalue weighted by atomic mass is 16.4. The third-order valence-electron chi connectivity index (χ3n) is 1.76. The number of nitrogens with zero attached hydrogens (tertiary/aromatic N) is 1. The van der Waals surface area contributed by atoms with E-state index < -0.39 is 11.7 Å². The van der Waals surface area contributed by atoms with Gasteiger partial charge in [-0.2, -0.15) is 0 Å². The molecule has 0 unspecified atom stereocenters. The zero-order chi connectivity index (χ0) is 10.9. The van der Waals surface area contributed by atoms with Gasteiger partial charge in [-0.25, -0.2) is 9.59 Å². The lowest BCUT2D eigenvalue weighted by atomic mass is 10.2. The molecule has 78 valence electrons. The highest BCUT2D eigenvalue weighted by Gasteiger charge is 2.18. The van der Waals surface area contributed by atoms with Gasteiger partial charge in [-0.1, -0.05) is 13.8 Å².